The molecule has 1 saturated carbocycles. The first-order valence-corrected chi connectivity index (χ1v) is 6.97. The zero-order chi connectivity index (χ0) is 13.0. The summed E-state index contributed by atoms with van der Waals surface area (Å²) in [5.74, 6) is 0.319. The number of amides is 2. The van der Waals surface area contributed by atoms with Crippen LogP contribution >= 0.6 is 0 Å². The van der Waals surface area contributed by atoms with Crippen LogP contribution in [0.5, 0.6) is 0 Å². The second kappa shape index (κ2) is 6.18. The second-order valence-electron chi connectivity index (χ2n) is 5.45. The third kappa shape index (κ3) is 3.98. The first kappa shape index (κ1) is 13.3. The maximum Gasteiger partial charge on any atom is 0.235 e. The fraction of sp³-hybridized carbons (Fsp3) is 0.846. The molecule has 0 aromatic carbocycles. The number of hydrogen-bond acceptors (Lipinski definition) is 3. The van der Waals surface area contributed by atoms with Crippen LogP contribution in [0.25, 0.3) is 0 Å². The SMILES string of the molecule is NC(=O)C(CC(=O)N1CCCCC1)NCC1CC1. The molecular weight excluding hydrogens is 230 g/mol. The highest BCUT2D eigenvalue weighted by Gasteiger charge is 2.27. The summed E-state index contributed by atoms with van der Waals surface area (Å²) < 4.78 is 0. The lowest BCUT2D eigenvalue weighted by molar-refractivity contribution is -0.135. The molecule has 1 atom stereocenters. The molecule has 0 aromatic heterocycles. The van der Waals surface area contributed by atoms with Gasteiger partial charge >= 0.3 is 0 Å². The molecule has 1 saturated heterocycles. The Morgan fingerprint density at radius 3 is 2.44 bits per heavy atom. The van der Waals surface area contributed by atoms with Crippen LogP contribution in [-0.4, -0.2) is 42.4 Å². The Labute approximate surface area is 108 Å². The minimum Gasteiger partial charge on any atom is -0.368 e. The number of carbonyl (C=O) groups excluding carboxylic acids is 2. The van der Waals surface area contributed by atoms with Crippen LogP contribution in [-0.2, 0) is 9.59 Å². The highest BCUT2D eigenvalue weighted by molar-refractivity contribution is 5.87. The van der Waals surface area contributed by atoms with E-state index in [0.717, 1.165) is 32.5 Å². The lowest BCUT2D eigenvalue weighted by atomic mass is 10.1. The molecule has 1 aliphatic heterocycles. The molecule has 2 rings (SSSR count). The third-order valence-electron chi connectivity index (χ3n) is 3.78. The van der Waals surface area contributed by atoms with Crippen molar-refractivity contribution in [2.24, 2.45) is 11.7 Å². The summed E-state index contributed by atoms with van der Waals surface area (Å²) in [4.78, 5) is 25.3. The van der Waals surface area contributed by atoms with Crippen molar-refractivity contribution in [1.82, 2.24) is 10.2 Å². The number of nitrogens with two attached hydrogens (primary N) is 1. The summed E-state index contributed by atoms with van der Waals surface area (Å²) in [5.41, 5.74) is 5.35. The normalized spacial score (nSPS) is 21.7. The average Bonchev–Trinajstić information content (AvgIpc) is 3.19. The molecule has 0 radical (unpaired) electrons. The Balaban J connectivity index is 1.78. The fourth-order valence-corrected chi connectivity index (χ4v) is 2.35. The Bertz CT molecular complexity index is 309. The van der Waals surface area contributed by atoms with Gasteiger partial charge in [0.05, 0.1) is 12.5 Å². The topological polar surface area (TPSA) is 75.4 Å². The van der Waals surface area contributed by atoms with E-state index >= 15 is 0 Å². The lowest BCUT2D eigenvalue weighted by Crippen LogP contribution is -2.47. The molecule has 5 heteroatoms. The highest BCUT2D eigenvalue weighted by atomic mass is 16.2. The standard InChI is InChI=1S/C13H23N3O2/c14-13(18)11(15-9-10-4-5-10)8-12(17)16-6-2-1-3-7-16/h10-11,15H,1-9H2,(H2,14,18). The average molecular weight is 253 g/mol. The zero-order valence-corrected chi connectivity index (χ0v) is 10.9. The minimum atomic E-state index is -0.500. The van der Waals surface area contributed by atoms with E-state index in [1.165, 1.54) is 19.3 Å². The van der Waals surface area contributed by atoms with E-state index in [1.807, 2.05) is 4.90 Å². The van der Waals surface area contributed by atoms with Gasteiger partial charge in [-0.15, -0.1) is 0 Å². The Morgan fingerprint density at radius 1 is 1.22 bits per heavy atom. The Kier molecular flexibility index (Phi) is 4.58. The van der Waals surface area contributed by atoms with Crippen molar-refractivity contribution >= 4 is 11.8 Å². The quantitative estimate of drug-likeness (QED) is 0.712. The fourth-order valence-electron chi connectivity index (χ4n) is 2.35. The number of rotatable bonds is 6. The Morgan fingerprint density at radius 2 is 1.89 bits per heavy atom. The van der Waals surface area contributed by atoms with Gasteiger partial charge < -0.3 is 16.0 Å². The predicted molar refractivity (Wildman–Crippen MR) is 68.8 cm³/mol. The number of nitrogens with zero attached hydrogens (tertiary/aromatic N) is 1. The molecule has 0 bridgehead atoms. The van der Waals surface area contributed by atoms with E-state index in [2.05, 4.69) is 5.32 Å². The smallest absolute Gasteiger partial charge is 0.235 e. The number of likely N-dealkylation sites (tertiary alicyclic amines) is 1. The van der Waals surface area contributed by atoms with E-state index in [1.54, 1.807) is 0 Å². The molecule has 5 nitrogen and oxygen atoms in total. The van der Waals surface area contributed by atoms with Crippen LogP contribution in [0.4, 0.5) is 0 Å². The molecule has 3 N–H and O–H groups in total. The van der Waals surface area contributed by atoms with Gasteiger partial charge in [-0.3, -0.25) is 9.59 Å². The maximum absolute atomic E-state index is 12.1. The van der Waals surface area contributed by atoms with E-state index < -0.39 is 11.9 Å². The van der Waals surface area contributed by atoms with Crippen LogP contribution in [0, 0.1) is 5.92 Å². The number of hydrogen-bond donors (Lipinski definition) is 2. The molecular formula is C13H23N3O2. The summed E-state index contributed by atoms with van der Waals surface area (Å²) in [6, 6.07) is -0.500. The van der Waals surface area contributed by atoms with Crippen LogP contribution in [0.2, 0.25) is 0 Å². The van der Waals surface area contributed by atoms with E-state index in [0.29, 0.717) is 5.92 Å². The van der Waals surface area contributed by atoms with Gasteiger partial charge in [0.2, 0.25) is 11.8 Å². The van der Waals surface area contributed by atoms with E-state index in [4.69, 9.17) is 5.73 Å². The maximum atomic E-state index is 12.1. The number of nitrogens with one attached hydrogen (secondary N) is 1. The van der Waals surface area contributed by atoms with Crippen molar-refractivity contribution in [3.05, 3.63) is 0 Å². The highest BCUT2D eigenvalue weighted by Crippen LogP contribution is 2.27. The lowest BCUT2D eigenvalue weighted by Gasteiger charge is -2.28. The second-order valence-corrected chi connectivity index (χ2v) is 5.45. The van der Waals surface area contributed by atoms with Gasteiger partial charge in [-0.2, -0.15) is 0 Å². The molecule has 1 unspecified atom stereocenters. The molecule has 2 aliphatic rings. The van der Waals surface area contributed by atoms with Crippen molar-refractivity contribution < 1.29 is 9.59 Å². The van der Waals surface area contributed by atoms with Crippen molar-refractivity contribution in [3.63, 3.8) is 0 Å². The van der Waals surface area contributed by atoms with Crippen molar-refractivity contribution in [2.75, 3.05) is 19.6 Å². The largest absolute Gasteiger partial charge is 0.368 e. The molecule has 2 amide bonds. The van der Waals surface area contributed by atoms with Crippen LogP contribution in [0.15, 0.2) is 0 Å². The van der Waals surface area contributed by atoms with Gasteiger partial charge in [-0.1, -0.05) is 0 Å². The summed E-state index contributed by atoms with van der Waals surface area (Å²) >= 11 is 0. The van der Waals surface area contributed by atoms with Gasteiger partial charge in [0.25, 0.3) is 0 Å². The Hall–Kier alpha value is -1.10. The molecule has 2 fully saturated rings. The molecule has 0 spiro atoms. The predicted octanol–water partition coefficient (Wildman–Crippen LogP) is 0.242. The van der Waals surface area contributed by atoms with Gasteiger partial charge in [-0.05, 0) is 44.6 Å². The molecule has 0 aromatic rings. The van der Waals surface area contributed by atoms with Crippen molar-refractivity contribution in [3.8, 4) is 0 Å². The minimum absolute atomic E-state index is 0.0572. The first-order chi connectivity index (χ1) is 8.66. The summed E-state index contributed by atoms with van der Waals surface area (Å²) in [6.07, 6.45) is 5.99. The van der Waals surface area contributed by atoms with E-state index in [9.17, 15) is 9.59 Å². The number of piperidine rings is 1. The van der Waals surface area contributed by atoms with Crippen molar-refractivity contribution in [2.45, 2.75) is 44.6 Å². The van der Waals surface area contributed by atoms with E-state index in [-0.39, 0.29) is 12.3 Å². The summed E-state index contributed by atoms with van der Waals surface area (Å²) in [5, 5.41) is 3.13. The summed E-state index contributed by atoms with van der Waals surface area (Å²) in [6.45, 7) is 2.46. The van der Waals surface area contributed by atoms with Gasteiger partial charge in [-0.25, -0.2) is 0 Å². The van der Waals surface area contributed by atoms with Crippen molar-refractivity contribution in [1.29, 1.82) is 0 Å². The van der Waals surface area contributed by atoms with Crippen LogP contribution in [0.3, 0.4) is 0 Å². The molecule has 1 aliphatic carbocycles. The van der Waals surface area contributed by atoms with Gasteiger partial charge in [0.1, 0.15) is 0 Å². The molecule has 1 heterocycles. The van der Waals surface area contributed by atoms with Gasteiger partial charge in [0, 0.05) is 13.1 Å². The number of primary amides is 1. The van der Waals surface area contributed by atoms with Crippen LogP contribution < -0.4 is 11.1 Å². The molecule has 102 valence electrons. The number of carbonyl (C=O) groups is 2. The molecule has 18 heavy (non-hydrogen) atoms. The first-order valence-electron chi connectivity index (χ1n) is 6.97. The zero-order valence-electron chi connectivity index (χ0n) is 10.9. The van der Waals surface area contributed by atoms with Gasteiger partial charge in [0.15, 0.2) is 0 Å². The monoisotopic (exact) mass is 253 g/mol. The third-order valence-corrected chi connectivity index (χ3v) is 3.78. The van der Waals surface area contributed by atoms with Crippen LogP contribution in [0.1, 0.15) is 38.5 Å². The summed E-state index contributed by atoms with van der Waals surface area (Å²) in [7, 11) is 0.